The van der Waals surface area contributed by atoms with E-state index in [-0.39, 0.29) is 12.2 Å². The topological polar surface area (TPSA) is 32.3 Å². The van der Waals surface area contributed by atoms with E-state index in [1.54, 1.807) is 0 Å². The molecule has 18 heavy (non-hydrogen) atoms. The van der Waals surface area contributed by atoms with Gasteiger partial charge in [0.1, 0.15) is 0 Å². The molecule has 0 radical (unpaired) electrons. The van der Waals surface area contributed by atoms with Crippen molar-refractivity contribution in [2.75, 3.05) is 0 Å². The summed E-state index contributed by atoms with van der Waals surface area (Å²) in [5.41, 5.74) is 0. The van der Waals surface area contributed by atoms with Crippen LogP contribution in [0.1, 0.15) is 72.6 Å². The molecule has 3 unspecified atom stereocenters. The molecule has 0 spiro atoms. The highest BCUT2D eigenvalue weighted by Crippen LogP contribution is 2.24. The van der Waals surface area contributed by atoms with Crippen molar-refractivity contribution in [3.8, 4) is 0 Å². The van der Waals surface area contributed by atoms with Gasteiger partial charge >= 0.3 is 0 Å². The fraction of sp³-hybridized carbons (Fsp3) is 0.933. The van der Waals surface area contributed by atoms with E-state index in [1.807, 2.05) is 0 Å². The van der Waals surface area contributed by atoms with Crippen molar-refractivity contribution in [1.82, 2.24) is 10.2 Å². The minimum absolute atomic E-state index is 0.0671. The van der Waals surface area contributed by atoms with E-state index < -0.39 is 0 Å². The fourth-order valence-corrected chi connectivity index (χ4v) is 3.02. The molecule has 0 aromatic carbocycles. The summed E-state index contributed by atoms with van der Waals surface area (Å²) in [6.45, 7) is 8.74. The number of nitrogens with zero attached hydrogens (tertiary/aromatic N) is 1. The number of amides is 1. The lowest BCUT2D eigenvalue weighted by Crippen LogP contribution is -2.44. The SMILES string of the molecule is CCCC1NC(CCC)N(C(CC)CCC)C1=O. The molecule has 1 aliphatic rings. The Labute approximate surface area is 112 Å². The number of nitrogens with one attached hydrogen (secondary N) is 1. The molecule has 0 saturated carbocycles. The molecule has 3 heteroatoms. The minimum Gasteiger partial charge on any atom is -0.323 e. The van der Waals surface area contributed by atoms with Gasteiger partial charge in [0, 0.05) is 6.04 Å². The zero-order chi connectivity index (χ0) is 13.5. The fourth-order valence-electron chi connectivity index (χ4n) is 3.02. The van der Waals surface area contributed by atoms with Gasteiger partial charge in [0.05, 0.1) is 12.2 Å². The number of rotatable bonds is 8. The van der Waals surface area contributed by atoms with Gasteiger partial charge < -0.3 is 4.90 Å². The number of carbonyl (C=O) groups excluding carboxylic acids is 1. The highest BCUT2D eigenvalue weighted by molar-refractivity contribution is 5.84. The van der Waals surface area contributed by atoms with E-state index in [4.69, 9.17) is 0 Å². The lowest BCUT2D eigenvalue weighted by Gasteiger charge is -2.32. The van der Waals surface area contributed by atoms with Crippen molar-refractivity contribution >= 4 is 5.91 Å². The number of carbonyl (C=O) groups is 1. The normalized spacial score (nSPS) is 25.8. The highest BCUT2D eigenvalue weighted by atomic mass is 16.2. The van der Waals surface area contributed by atoms with Crippen LogP contribution >= 0.6 is 0 Å². The average Bonchev–Trinajstić information content (AvgIpc) is 2.65. The third-order valence-corrected chi connectivity index (χ3v) is 3.91. The van der Waals surface area contributed by atoms with Gasteiger partial charge in [0.25, 0.3) is 0 Å². The predicted molar refractivity (Wildman–Crippen MR) is 76.4 cm³/mol. The molecule has 1 heterocycles. The summed E-state index contributed by atoms with van der Waals surface area (Å²) in [5, 5.41) is 3.54. The molecule has 1 rings (SSSR count). The Kier molecular flexibility index (Phi) is 6.69. The van der Waals surface area contributed by atoms with E-state index in [1.165, 1.54) is 0 Å². The lowest BCUT2D eigenvalue weighted by molar-refractivity contribution is -0.132. The monoisotopic (exact) mass is 254 g/mol. The summed E-state index contributed by atoms with van der Waals surface area (Å²) in [7, 11) is 0. The second kappa shape index (κ2) is 7.78. The molecule has 1 amide bonds. The molecule has 0 aliphatic carbocycles. The largest absolute Gasteiger partial charge is 0.323 e. The lowest BCUT2D eigenvalue weighted by atomic mass is 10.1. The van der Waals surface area contributed by atoms with Crippen LogP contribution in [0.15, 0.2) is 0 Å². The highest BCUT2D eigenvalue weighted by Gasteiger charge is 2.40. The maximum atomic E-state index is 12.5. The van der Waals surface area contributed by atoms with Gasteiger partial charge in [-0.3, -0.25) is 10.1 Å². The molecule has 1 aliphatic heterocycles. The first kappa shape index (κ1) is 15.5. The van der Waals surface area contributed by atoms with E-state index in [9.17, 15) is 4.79 Å². The van der Waals surface area contributed by atoms with Crippen molar-refractivity contribution in [3.05, 3.63) is 0 Å². The van der Waals surface area contributed by atoms with Gasteiger partial charge in [-0.15, -0.1) is 0 Å². The van der Waals surface area contributed by atoms with Crippen molar-refractivity contribution in [2.45, 2.75) is 90.9 Å². The van der Waals surface area contributed by atoms with E-state index >= 15 is 0 Å². The van der Waals surface area contributed by atoms with Crippen LogP contribution in [-0.4, -0.2) is 29.1 Å². The van der Waals surface area contributed by atoms with Crippen LogP contribution in [0.3, 0.4) is 0 Å². The molecule has 0 aromatic heterocycles. The zero-order valence-corrected chi connectivity index (χ0v) is 12.5. The van der Waals surface area contributed by atoms with Crippen molar-refractivity contribution < 1.29 is 4.79 Å². The summed E-state index contributed by atoms with van der Waals surface area (Å²) in [6, 6.07) is 0.492. The van der Waals surface area contributed by atoms with Gasteiger partial charge in [-0.25, -0.2) is 0 Å². The van der Waals surface area contributed by atoms with E-state index in [2.05, 4.69) is 37.9 Å². The van der Waals surface area contributed by atoms with Crippen molar-refractivity contribution in [2.24, 2.45) is 0 Å². The Hall–Kier alpha value is -0.570. The average molecular weight is 254 g/mol. The summed E-state index contributed by atoms with van der Waals surface area (Å²) >= 11 is 0. The maximum absolute atomic E-state index is 12.5. The minimum atomic E-state index is 0.0671. The third kappa shape index (κ3) is 3.47. The molecular weight excluding hydrogens is 224 g/mol. The van der Waals surface area contributed by atoms with Gasteiger partial charge in [-0.05, 0) is 25.7 Å². The number of hydrogen-bond acceptors (Lipinski definition) is 2. The Morgan fingerprint density at radius 1 is 1.11 bits per heavy atom. The first-order valence-corrected chi connectivity index (χ1v) is 7.77. The second-order valence-electron chi connectivity index (χ2n) is 5.41. The van der Waals surface area contributed by atoms with Crippen LogP contribution in [-0.2, 0) is 4.79 Å². The quantitative estimate of drug-likeness (QED) is 0.721. The van der Waals surface area contributed by atoms with Crippen molar-refractivity contribution in [1.29, 1.82) is 0 Å². The summed E-state index contributed by atoms with van der Waals surface area (Å²) in [6.07, 6.45) is 7.87. The molecule has 3 nitrogen and oxygen atoms in total. The standard InChI is InChI=1S/C15H30N2O/c1-5-9-12(8-4)17-14(11-7-3)16-13(10-6-2)15(17)18/h12-14,16H,5-11H2,1-4H3. The smallest absolute Gasteiger partial charge is 0.241 e. The summed E-state index contributed by atoms with van der Waals surface area (Å²) in [4.78, 5) is 14.7. The second-order valence-corrected chi connectivity index (χ2v) is 5.41. The molecule has 106 valence electrons. The molecule has 1 fully saturated rings. The van der Waals surface area contributed by atoms with E-state index in [0.717, 1.165) is 44.9 Å². The summed E-state index contributed by atoms with van der Waals surface area (Å²) < 4.78 is 0. The zero-order valence-electron chi connectivity index (χ0n) is 12.5. The molecular formula is C15H30N2O. The Balaban J connectivity index is 2.78. The summed E-state index contributed by atoms with van der Waals surface area (Å²) in [5.74, 6) is 0.343. The van der Waals surface area contributed by atoms with Gasteiger partial charge in [0.15, 0.2) is 0 Å². The van der Waals surface area contributed by atoms with Crippen LogP contribution in [0.5, 0.6) is 0 Å². The van der Waals surface area contributed by atoms with E-state index in [0.29, 0.717) is 11.9 Å². The molecule has 0 bridgehead atoms. The molecule has 1 saturated heterocycles. The Bertz CT molecular complexity index is 255. The molecule has 3 atom stereocenters. The van der Waals surface area contributed by atoms with Gasteiger partial charge in [-0.1, -0.05) is 47.0 Å². The van der Waals surface area contributed by atoms with Crippen LogP contribution < -0.4 is 5.32 Å². The van der Waals surface area contributed by atoms with Crippen LogP contribution in [0.4, 0.5) is 0 Å². The van der Waals surface area contributed by atoms with Crippen LogP contribution in [0.2, 0.25) is 0 Å². The Morgan fingerprint density at radius 3 is 2.28 bits per heavy atom. The molecule has 0 aromatic rings. The first-order valence-electron chi connectivity index (χ1n) is 7.77. The van der Waals surface area contributed by atoms with Gasteiger partial charge in [-0.2, -0.15) is 0 Å². The van der Waals surface area contributed by atoms with Crippen molar-refractivity contribution in [3.63, 3.8) is 0 Å². The van der Waals surface area contributed by atoms with Crippen LogP contribution in [0.25, 0.3) is 0 Å². The third-order valence-electron chi connectivity index (χ3n) is 3.91. The van der Waals surface area contributed by atoms with Gasteiger partial charge in [0.2, 0.25) is 5.91 Å². The first-order chi connectivity index (χ1) is 8.69. The molecule has 1 N–H and O–H groups in total. The Morgan fingerprint density at radius 2 is 1.78 bits per heavy atom. The van der Waals surface area contributed by atoms with Crippen LogP contribution in [0, 0.1) is 0 Å². The maximum Gasteiger partial charge on any atom is 0.241 e. The predicted octanol–water partition coefficient (Wildman–Crippen LogP) is 3.29. The number of hydrogen-bond donors (Lipinski definition) is 1.